The van der Waals surface area contributed by atoms with Gasteiger partial charge in [0.1, 0.15) is 5.69 Å². The third kappa shape index (κ3) is 3.44. The average Bonchev–Trinajstić information content (AvgIpc) is 2.39. The minimum atomic E-state index is -0.353. The second kappa shape index (κ2) is 6.02. The van der Waals surface area contributed by atoms with Crippen molar-refractivity contribution in [3.63, 3.8) is 0 Å². The molecule has 0 bridgehead atoms. The van der Waals surface area contributed by atoms with Crippen LogP contribution in [0.2, 0.25) is 5.02 Å². The Kier molecular flexibility index (Phi) is 4.37. The first-order chi connectivity index (χ1) is 9.08. The van der Waals surface area contributed by atoms with Crippen molar-refractivity contribution in [2.45, 2.75) is 31.7 Å². The molecule has 1 aliphatic carbocycles. The summed E-state index contributed by atoms with van der Waals surface area (Å²) in [6.07, 6.45) is 4.88. The molecule has 1 heterocycles. The minimum Gasteiger partial charge on any atom is -0.369 e. The quantitative estimate of drug-likeness (QED) is 0.881. The van der Waals surface area contributed by atoms with E-state index in [1.807, 2.05) is 0 Å². The second-order valence-corrected chi connectivity index (χ2v) is 5.17. The lowest BCUT2D eigenvalue weighted by molar-refractivity contribution is -0.123. The van der Waals surface area contributed by atoms with Crippen LogP contribution < -0.4 is 11.1 Å². The molecule has 0 radical (unpaired) electrons. The Hall–Kier alpha value is -1.62. The number of pyridine rings is 1. The van der Waals surface area contributed by atoms with Gasteiger partial charge in [-0.3, -0.25) is 9.59 Å². The first-order valence-electron chi connectivity index (χ1n) is 6.29. The molecule has 1 aliphatic rings. The van der Waals surface area contributed by atoms with E-state index in [-0.39, 0.29) is 29.5 Å². The zero-order valence-corrected chi connectivity index (χ0v) is 11.2. The number of rotatable bonds is 3. The monoisotopic (exact) mass is 281 g/mol. The van der Waals surface area contributed by atoms with Gasteiger partial charge in [0.2, 0.25) is 5.91 Å². The number of amides is 2. The Morgan fingerprint density at radius 3 is 2.68 bits per heavy atom. The van der Waals surface area contributed by atoms with Crippen LogP contribution in [0.15, 0.2) is 18.3 Å². The zero-order valence-electron chi connectivity index (χ0n) is 10.4. The van der Waals surface area contributed by atoms with E-state index in [1.165, 1.54) is 6.20 Å². The molecule has 0 aliphatic heterocycles. The molecule has 0 spiro atoms. The number of nitrogens with two attached hydrogens (primary N) is 1. The first kappa shape index (κ1) is 13.8. The molecule has 2 rings (SSSR count). The topological polar surface area (TPSA) is 85.1 Å². The van der Waals surface area contributed by atoms with Crippen LogP contribution in [0.3, 0.4) is 0 Å². The molecular weight excluding hydrogens is 266 g/mol. The molecule has 102 valence electrons. The number of aromatic nitrogens is 1. The van der Waals surface area contributed by atoms with Crippen molar-refractivity contribution in [2.75, 3.05) is 0 Å². The molecule has 1 aromatic rings. The van der Waals surface area contributed by atoms with Crippen molar-refractivity contribution < 1.29 is 9.59 Å². The number of nitrogens with zero attached hydrogens (tertiary/aromatic N) is 1. The van der Waals surface area contributed by atoms with Gasteiger partial charge in [-0.1, -0.05) is 24.4 Å². The molecule has 0 aromatic carbocycles. The summed E-state index contributed by atoms with van der Waals surface area (Å²) in [5, 5.41) is 3.32. The lowest BCUT2D eigenvalue weighted by Gasteiger charge is -2.29. The summed E-state index contributed by atoms with van der Waals surface area (Å²) < 4.78 is 0. The highest BCUT2D eigenvalue weighted by atomic mass is 35.5. The van der Waals surface area contributed by atoms with Crippen LogP contribution in [0, 0.1) is 5.92 Å². The van der Waals surface area contributed by atoms with Gasteiger partial charge in [-0.15, -0.1) is 0 Å². The average molecular weight is 282 g/mol. The summed E-state index contributed by atoms with van der Waals surface area (Å²) in [5.74, 6) is -0.936. The molecule has 1 saturated carbocycles. The Morgan fingerprint density at radius 1 is 1.32 bits per heavy atom. The van der Waals surface area contributed by atoms with Gasteiger partial charge in [-0.25, -0.2) is 4.98 Å². The number of hydrogen-bond acceptors (Lipinski definition) is 3. The van der Waals surface area contributed by atoms with Crippen molar-refractivity contribution >= 4 is 23.4 Å². The highest BCUT2D eigenvalue weighted by Gasteiger charge is 2.30. The largest absolute Gasteiger partial charge is 0.369 e. The van der Waals surface area contributed by atoms with E-state index >= 15 is 0 Å². The number of primary amides is 1. The van der Waals surface area contributed by atoms with Crippen molar-refractivity contribution in [2.24, 2.45) is 11.7 Å². The van der Waals surface area contributed by atoms with E-state index in [0.29, 0.717) is 5.02 Å². The van der Waals surface area contributed by atoms with Crippen molar-refractivity contribution in [3.8, 4) is 0 Å². The summed E-state index contributed by atoms with van der Waals surface area (Å²) in [4.78, 5) is 27.3. The van der Waals surface area contributed by atoms with Gasteiger partial charge in [0.25, 0.3) is 5.91 Å². The van der Waals surface area contributed by atoms with Crippen LogP contribution in [-0.2, 0) is 4.79 Å². The van der Waals surface area contributed by atoms with Crippen molar-refractivity contribution in [3.05, 3.63) is 29.0 Å². The minimum absolute atomic E-state index is 0.198. The highest BCUT2D eigenvalue weighted by Crippen LogP contribution is 2.24. The predicted octanol–water partition coefficient (Wildman–Crippen LogP) is 1.51. The number of hydrogen-bond donors (Lipinski definition) is 2. The van der Waals surface area contributed by atoms with E-state index in [2.05, 4.69) is 10.3 Å². The second-order valence-electron chi connectivity index (χ2n) is 4.73. The van der Waals surface area contributed by atoms with E-state index in [4.69, 9.17) is 17.3 Å². The fourth-order valence-corrected chi connectivity index (χ4v) is 2.51. The van der Waals surface area contributed by atoms with Crippen molar-refractivity contribution in [1.82, 2.24) is 10.3 Å². The number of carbonyl (C=O) groups excluding carboxylic acids is 2. The molecule has 2 atom stereocenters. The molecule has 1 aromatic heterocycles. The number of halogens is 1. The predicted molar refractivity (Wildman–Crippen MR) is 71.7 cm³/mol. The summed E-state index contributed by atoms with van der Waals surface area (Å²) in [6, 6.07) is 2.96. The fourth-order valence-electron chi connectivity index (χ4n) is 2.40. The van der Waals surface area contributed by atoms with Crippen LogP contribution >= 0.6 is 11.6 Å². The molecule has 19 heavy (non-hydrogen) atoms. The fraction of sp³-hybridized carbons (Fsp3) is 0.462. The smallest absolute Gasteiger partial charge is 0.270 e. The van der Waals surface area contributed by atoms with Gasteiger partial charge < -0.3 is 11.1 Å². The number of carbonyl (C=O) groups is 2. The van der Waals surface area contributed by atoms with Gasteiger partial charge in [-0.05, 0) is 25.0 Å². The maximum absolute atomic E-state index is 12.0. The summed E-state index contributed by atoms with van der Waals surface area (Å²) in [7, 11) is 0. The first-order valence-corrected chi connectivity index (χ1v) is 6.67. The standard InChI is InChI=1S/C13H16ClN3O2/c14-8-5-6-11(16-7-8)13(19)17-10-4-2-1-3-9(10)12(15)18/h5-7,9-10H,1-4H2,(H2,15,18)(H,17,19). The lowest BCUT2D eigenvalue weighted by atomic mass is 9.84. The lowest BCUT2D eigenvalue weighted by Crippen LogP contribution is -2.47. The molecule has 3 N–H and O–H groups in total. The zero-order chi connectivity index (χ0) is 13.8. The normalized spacial score (nSPS) is 22.8. The third-order valence-electron chi connectivity index (χ3n) is 3.41. The molecular formula is C13H16ClN3O2. The molecule has 1 fully saturated rings. The van der Waals surface area contributed by atoms with E-state index < -0.39 is 0 Å². The Bertz CT molecular complexity index is 475. The van der Waals surface area contributed by atoms with Crippen LogP contribution in [0.4, 0.5) is 0 Å². The maximum atomic E-state index is 12.0. The maximum Gasteiger partial charge on any atom is 0.270 e. The Labute approximate surface area is 116 Å². The molecule has 5 nitrogen and oxygen atoms in total. The van der Waals surface area contributed by atoms with Gasteiger partial charge in [0.05, 0.1) is 10.9 Å². The number of nitrogens with one attached hydrogen (secondary N) is 1. The van der Waals surface area contributed by atoms with E-state index in [1.54, 1.807) is 12.1 Å². The summed E-state index contributed by atoms with van der Waals surface area (Å²) in [6.45, 7) is 0. The van der Waals surface area contributed by atoms with Crippen LogP contribution in [0.5, 0.6) is 0 Å². The van der Waals surface area contributed by atoms with Gasteiger partial charge in [-0.2, -0.15) is 0 Å². The Morgan fingerprint density at radius 2 is 2.05 bits per heavy atom. The highest BCUT2D eigenvalue weighted by molar-refractivity contribution is 6.30. The van der Waals surface area contributed by atoms with E-state index in [9.17, 15) is 9.59 Å². The summed E-state index contributed by atoms with van der Waals surface area (Å²) in [5.41, 5.74) is 5.66. The van der Waals surface area contributed by atoms with Gasteiger partial charge >= 0.3 is 0 Å². The molecule has 0 saturated heterocycles. The van der Waals surface area contributed by atoms with Gasteiger partial charge in [0, 0.05) is 12.2 Å². The van der Waals surface area contributed by atoms with E-state index in [0.717, 1.165) is 25.7 Å². The molecule has 6 heteroatoms. The SMILES string of the molecule is NC(=O)C1CCCCC1NC(=O)c1ccc(Cl)cn1. The van der Waals surface area contributed by atoms with Crippen LogP contribution in [-0.4, -0.2) is 22.8 Å². The van der Waals surface area contributed by atoms with Crippen LogP contribution in [0.1, 0.15) is 36.2 Å². The third-order valence-corrected chi connectivity index (χ3v) is 3.63. The van der Waals surface area contributed by atoms with Crippen LogP contribution in [0.25, 0.3) is 0 Å². The molecule has 2 unspecified atom stereocenters. The summed E-state index contributed by atoms with van der Waals surface area (Å²) >= 11 is 5.72. The van der Waals surface area contributed by atoms with Crippen molar-refractivity contribution in [1.29, 1.82) is 0 Å². The molecule has 2 amide bonds. The van der Waals surface area contributed by atoms with Gasteiger partial charge in [0.15, 0.2) is 0 Å². The Balaban J connectivity index is 2.04.